The normalized spacial score (nSPS) is 10.6. The first-order chi connectivity index (χ1) is 11.2. The zero-order valence-corrected chi connectivity index (χ0v) is 14.3. The van der Waals surface area contributed by atoms with Crippen molar-refractivity contribution in [3.05, 3.63) is 35.9 Å². The van der Waals surface area contributed by atoms with Crippen LogP contribution in [0.2, 0.25) is 0 Å². The molecule has 0 aliphatic carbocycles. The van der Waals surface area contributed by atoms with Crippen LogP contribution in [0, 0.1) is 0 Å². The molecule has 0 bridgehead atoms. The lowest BCUT2D eigenvalue weighted by Gasteiger charge is -2.16. The second kappa shape index (κ2) is 11.7. The minimum atomic E-state index is -0.256. The van der Waals surface area contributed by atoms with Gasteiger partial charge in [0.25, 0.3) is 0 Å². The molecule has 23 heavy (non-hydrogen) atoms. The molecule has 0 N–H and O–H groups in total. The quantitative estimate of drug-likeness (QED) is 0.452. The molecule has 128 valence electrons. The number of hydrogen-bond acceptors (Lipinski definition) is 4. The Morgan fingerprint density at radius 2 is 1.35 bits per heavy atom. The molecular weight excluding hydrogens is 292 g/mol. The predicted molar refractivity (Wildman–Crippen MR) is 90.2 cm³/mol. The highest BCUT2D eigenvalue weighted by molar-refractivity contribution is 5.74. The minimum Gasteiger partial charge on any atom is -0.466 e. The first-order valence-electron chi connectivity index (χ1n) is 8.53. The van der Waals surface area contributed by atoms with Gasteiger partial charge in [0.15, 0.2) is 0 Å². The third-order valence-electron chi connectivity index (χ3n) is 3.62. The Hall–Kier alpha value is -1.84. The van der Waals surface area contributed by atoms with Gasteiger partial charge in [-0.2, -0.15) is 0 Å². The summed E-state index contributed by atoms with van der Waals surface area (Å²) in [5.41, 5.74) is 0.965. The fraction of sp³-hybridized carbons (Fsp3) is 0.579. The van der Waals surface area contributed by atoms with Crippen molar-refractivity contribution in [3.63, 3.8) is 0 Å². The van der Waals surface area contributed by atoms with Crippen molar-refractivity contribution in [3.8, 4) is 0 Å². The zero-order valence-electron chi connectivity index (χ0n) is 14.3. The molecule has 0 radical (unpaired) electrons. The number of rotatable bonds is 11. The second-order valence-corrected chi connectivity index (χ2v) is 5.66. The smallest absolute Gasteiger partial charge is 0.306 e. The molecule has 0 spiro atoms. The maximum atomic E-state index is 12.0. The number of benzene rings is 1. The minimum absolute atomic E-state index is 0.195. The van der Waals surface area contributed by atoms with Crippen LogP contribution in [0.15, 0.2) is 30.3 Å². The van der Waals surface area contributed by atoms with Gasteiger partial charge >= 0.3 is 11.9 Å². The lowest BCUT2D eigenvalue weighted by atomic mass is 9.92. The van der Waals surface area contributed by atoms with Gasteiger partial charge in [-0.1, -0.05) is 57.0 Å². The van der Waals surface area contributed by atoms with E-state index in [2.05, 4.69) is 0 Å². The summed E-state index contributed by atoms with van der Waals surface area (Å²) in [4.78, 5) is 23.9. The summed E-state index contributed by atoms with van der Waals surface area (Å²) in [5, 5.41) is 0. The van der Waals surface area contributed by atoms with Gasteiger partial charge in [-0.05, 0) is 18.4 Å². The number of carbonyl (C=O) groups is 2. The van der Waals surface area contributed by atoms with Crippen molar-refractivity contribution in [2.24, 2.45) is 0 Å². The van der Waals surface area contributed by atoms with Crippen LogP contribution in [0.5, 0.6) is 0 Å². The van der Waals surface area contributed by atoms with E-state index in [1.54, 1.807) is 0 Å². The van der Waals surface area contributed by atoms with E-state index >= 15 is 0 Å². The van der Waals surface area contributed by atoms with Gasteiger partial charge in [0.1, 0.15) is 0 Å². The highest BCUT2D eigenvalue weighted by atomic mass is 16.5. The van der Waals surface area contributed by atoms with Crippen LogP contribution in [0.3, 0.4) is 0 Å². The number of unbranched alkanes of at least 4 members (excludes halogenated alkanes) is 2. The molecule has 0 saturated heterocycles. The van der Waals surface area contributed by atoms with Crippen molar-refractivity contribution in [2.45, 2.75) is 58.3 Å². The molecule has 0 saturated carbocycles. The molecule has 0 atom stereocenters. The number of esters is 2. The fourth-order valence-corrected chi connectivity index (χ4v) is 2.21. The lowest BCUT2D eigenvalue weighted by Crippen LogP contribution is -2.16. The third-order valence-corrected chi connectivity index (χ3v) is 3.62. The van der Waals surface area contributed by atoms with Crippen LogP contribution >= 0.6 is 0 Å². The summed E-state index contributed by atoms with van der Waals surface area (Å²) < 4.78 is 10.4. The average Bonchev–Trinajstić information content (AvgIpc) is 2.55. The lowest BCUT2D eigenvalue weighted by molar-refractivity contribution is -0.146. The Morgan fingerprint density at radius 3 is 1.78 bits per heavy atom. The SMILES string of the molecule is CCCCOC(=O)CC(CC(=O)OCCCC)c1ccccc1. The monoisotopic (exact) mass is 320 g/mol. The molecule has 0 aliphatic heterocycles. The van der Waals surface area contributed by atoms with E-state index in [4.69, 9.17) is 9.47 Å². The molecule has 0 amide bonds. The maximum absolute atomic E-state index is 12.0. The van der Waals surface area contributed by atoms with E-state index in [0.29, 0.717) is 13.2 Å². The first kappa shape index (κ1) is 19.2. The Morgan fingerprint density at radius 1 is 0.870 bits per heavy atom. The molecule has 0 fully saturated rings. The van der Waals surface area contributed by atoms with Gasteiger partial charge in [-0.25, -0.2) is 0 Å². The summed E-state index contributed by atoms with van der Waals surface area (Å²) >= 11 is 0. The topological polar surface area (TPSA) is 52.6 Å². The van der Waals surface area contributed by atoms with E-state index in [0.717, 1.165) is 31.2 Å². The average molecular weight is 320 g/mol. The van der Waals surface area contributed by atoms with Crippen LogP contribution in [-0.4, -0.2) is 25.2 Å². The molecule has 4 nitrogen and oxygen atoms in total. The van der Waals surface area contributed by atoms with Crippen LogP contribution < -0.4 is 0 Å². The van der Waals surface area contributed by atoms with E-state index in [1.165, 1.54) is 0 Å². The highest BCUT2D eigenvalue weighted by Gasteiger charge is 2.21. The van der Waals surface area contributed by atoms with Gasteiger partial charge in [0.05, 0.1) is 26.1 Å². The molecule has 0 aliphatic rings. The fourth-order valence-electron chi connectivity index (χ4n) is 2.21. The third kappa shape index (κ3) is 8.38. The van der Waals surface area contributed by atoms with Crippen molar-refractivity contribution in [1.82, 2.24) is 0 Å². The van der Waals surface area contributed by atoms with Crippen LogP contribution in [0.4, 0.5) is 0 Å². The van der Waals surface area contributed by atoms with E-state index in [1.807, 2.05) is 44.2 Å². The van der Waals surface area contributed by atoms with Gasteiger partial charge in [0.2, 0.25) is 0 Å². The largest absolute Gasteiger partial charge is 0.466 e. The van der Waals surface area contributed by atoms with Gasteiger partial charge in [-0.15, -0.1) is 0 Å². The molecule has 0 aromatic heterocycles. The summed E-state index contributed by atoms with van der Waals surface area (Å²) in [6.07, 6.45) is 4.10. The molecule has 1 aromatic carbocycles. The van der Waals surface area contributed by atoms with Gasteiger partial charge in [0, 0.05) is 5.92 Å². The van der Waals surface area contributed by atoms with Crippen molar-refractivity contribution >= 4 is 11.9 Å². The van der Waals surface area contributed by atoms with E-state index < -0.39 is 0 Å². The number of ether oxygens (including phenoxy) is 2. The predicted octanol–water partition coefficient (Wildman–Crippen LogP) is 4.24. The zero-order chi connectivity index (χ0) is 16.9. The molecule has 1 rings (SSSR count). The van der Waals surface area contributed by atoms with Gasteiger partial charge < -0.3 is 9.47 Å². The van der Waals surface area contributed by atoms with Crippen LogP contribution in [0.1, 0.15) is 63.9 Å². The van der Waals surface area contributed by atoms with Gasteiger partial charge in [-0.3, -0.25) is 9.59 Å². The Kier molecular flexibility index (Phi) is 9.76. The Balaban J connectivity index is 2.59. The number of hydrogen-bond donors (Lipinski definition) is 0. The molecular formula is C19H28O4. The molecule has 1 aromatic rings. The van der Waals surface area contributed by atoms with Crippen LogP contribution in [-0.2, 0) is 19.1 Å². The van der Waals surface area contributed by atoms with E-state index in [-0.39, 0.29) is 30.7 Å². The molecule has 0 unspecified atom stereocenters. The van der Waals surface area contributed by atoms with Crippen molar-refractivity contribution < 1.29 is 19.1 Å². The summed E-state index contributed by atoms with van der Waals surface area (Å²) in [7, 11) is 0. The Labute approximate surface area is 139 Å². The van der Waals surface area contributed by atoms with Crippen LogP contribution in [0.25, 0.3) is 0 Å². The highest BCUT2D eigenvalue weighted by Crippen LogP contribution is 2.24. The molecule has 4 heteroatoms. The summed E-state index contributed by atoms with van der Waals surface area (Å²) in [6, 6.07) is 9.60. The molecule has 0 heterocycles. The van der Waals surface area contributed by atoms with Crippen molar-refractivity contribution in [2.75, 3.05) is 13.2 Å². The maximum Gasteiger partial charge on any atom is 0.306 e. The summed E-state index contributed by atoms with van der Waals surface area (Å²) in [5.74, 6) is -0.707. The van der Waals surface area contributed by atoms with E-state index in [9.17, 15) is 9.59 Å². The number of carbonyl (C=O) groups excluding carboxylic acids is 2. The summed E-state index contributed by atoms with van der Waals surface area (Å²) in [6.45, 7) is 4.98. The van der Waals surface area contributed by atoms with Crippen molar-refractivity contribution in [1.29, 1.82) is 0 Å². The first-order valence-corrected chi connectivity index (χ1v) is 8.53. The standard InChI is InChI=1S/C19H28O4/c1-3-5-12-22-18(20)14-17(16-10-8-7-9-11-16)15-19(21)23-13-6-4-2/h7-11,17H,3-6,12-15H2,1-2H3. The second-order valence-electron chi connectivity index (χ2n) is 5.66. The Bertz CT molecular complexity index is 432.